The minimum atomic E-state index is -0.236. The zero-order chi connectivity index (χ0) is 8.69. The summed E-state index contributed by atoms with van der Waals surface area (Å²) in [5, 5.41) is 0. The van der Waals surface area contributed by atoms with Crippen LogP contribution < -0.4 is 5.73 Å². The molecule has 3 heteroatoms. The largest absolute Gasteiger partial charge is 0.384 e. The number of rotatable bonds is 6. The van der Waals surface area contributed by atoms with Crippen molar-refractivity contribution in [1.82, 2.24) is 0 Å². The Morgan fingerprint density at radius 1 is 1.64 bits per heavy atom. The maximum absolute atomic E-state index is 10.5. The van der Waals surface area contributed by atoms with Crippen LogP contribution in [-0.2, 0) is 9.53 Å². The Hall–Kier alpha value is -0.570. The fourth-order valence-electron chi connectivity index (χ4n) is 1.17. The molecule has 0 aliphatic rings. The van der Waals surface area contributed by atoms with Gasteiger partial charge in [-0.05, 0) is 12.3 Å². The van der Waals surface area contributed by atoms with Gasteiger partial charge in [-0.15, -0.1) is 0 Å². The Morgan fingerprint density at radius 2 is 2.27 bits per heavy atom. The number of methoxy groups -OCH3 is 1. The smallest absolute Gasteiger partial charge is 0.217 e. The van der Waals surface area contributed by atoms with Crippen molar-refractivity contribution >= 4 is 5.91 Å². The van der Waals surface area contributed by atoms with E-state index in [-0.39, 0.29) is 5.91 Å². The second-order valence-electron chi connectivity index (χ2n) is 2.78. The third-order valence-corrected chi connectivity index (χ3v) is 1.59. The van der Waals surface area contributed by atoms with Crippen LogP contribution in [0.4, 0.5) is 0 Å². The molecule has 0 radical (unpaired) electrons. The average Bonchev–Trinajstić information content (AvgIpc) is 1.87. The Bertz CT molecular complexity index is 109. The monoisotopic (exact) mass is 159 g/mol. The normalized spacial score (nSPS) is 12.9. The van der Waals surface area contributed by atoms with Crippen molar-refractivity contribution in [3.05, 3.63) is 0 Å². The molecule has 0 fully saturated rings. The highest BCUT2D eigenvalue weighted by molar-refractivity contribution is 5.73. The molecule has 3 nitrogen and oxygen atoms in total. The standard InChI is InChI=1S/C8H17NO2/c1-3-4-7(6-11-2)5-8(9)10/h7H,3-6H2,1-2H3,(H2,9,10). The lowest BCUT2D eigenvalue weighted by molar-refractivity contribution is -0.119. The van der Waals surface area contributed by atoms with Crippen LogP contribution >= 0.6 is 0 Å². The van der Waals surface area contributed by atoms with Crippen LogP contribution in [0.25, 0.3) is 0 Å². The first-order valence-electron chi connectivity index (χ1n) is 3.98. The Labute approximate surface area is 67.9 Å². The maximum Gasteiger partial charge on any atom is 0.217 e. The van der Waals surface area contributed by atoms with Crippen molar-refractivity contribution < 1.29 is 9.53 Å². The van der Waals surface area contributed by atoms with E-state index in [9.17, 15) is 4.79 Å². The van der Waals surface area contributed by atoms with Gasteiger partial charge in [0.25, 0.3) is 0 Å². The molecule has 1 amide bonds. The predicted octanol–water partition coefficient (Wildman–Crippen LogP) is 0.924. The first-order valence-corrected chi connectivity index (χ1v) is 3.98. The maximum atomic E-state index is 10.5. The fourth-order valence-corrected chi connectivity index (χ4v) is 1.17. The molecule has 1 unspecified atom stereocenters. The van der Waals surface area contributed by atoms with Crippen molar-refractivity contribution in [3.63, 3.8) is 0 Å². The average molecular weight is 159 g/mol. The molecule has 66 valence electrons. The molecule has 11 heavy (non-hydrogen) atoms. The number of hydrogen-bond donors (Lipinski definition) is 1. The number of ether oxygens (including phenoxy) is 1. The number of amides is 1. The molecule has 0 saturated carbocycles. The number of nitrogens with two attached hydrogens (primary N) is 1. The molecule has 0 saturated heterocycles. The molecule has 0 aromatic carbocycles. The van der Waals surface area contributed by atoms with E-state index in [0.717, 1.165) is 12.8 Å². The summed E-state index contributed by atoms with van der Waals surface area (Å²) in [6, 6.07) is 0. The third kappa shape index (κ3) is 5.85. The van der Waals surface area contributed by atoms with Crippen molar-refractivity contribution in [3.8, 4) is 0 Å². The van der Waals surface area contributed by atoms with Crippen LogP contribution in [0.3, 0.4) is 0 Å². The lowest BCUT2D eigenvalue weighted by atomic mass is 10.0. The topological polar surface area (TPSA) is 52.3 Å². The van der Waals surface area contributed by atoms with Crippen molar-refractivity contribution in [1.29, 1.82) is 0 Å². The molecule has 1 atom stereocenters. The van der Waals surface area contributed by atoms with Gasteiger partial charge < -0.3 is 10.5 Å². The zero-order valence-electron chi connectivity index (χ0n) is 7.30. The molecule has 0 bridgehead atoms. The van der Waals surface area contributed by atoms with E-state index in [1.54, 1.807) is 7.11 Å². The lowest BCUT2D eigenvalue weighted by Crippen LogP contribution is -2.19. The van der Waals surface area contributed by atoms with E-state index in [0.29, 0.717) is 18.9 Å². The summed E-state index contributed by atoms with van der Waals surface area (Å²) in [4.78, 5) is 10.5. The number of carbonyl (C=O) groups excluding carboxylic acids is 1. The highest BCUT2D eigenvalue weighted by atomic mass is 16.5. The summed E-state index contributed by atoms with van der Waals surface area (Å²) in [5.41, 5.74) is 5.06. The van der Waals surface area contributed by atoms with E-state index < -0.39 is 0 Å². The van der Waals surface area contributed by atoms with Crippen LogP contribution in [0.1, 0.15) is 26.2 Å². The van der Waals surface area contributed by atoms with Gasteiger partial charge in [-0.2, -0.15) is 0 Å². The molecule has 2 N–H and O–H groups in total. The van der Waals surface area contributed by atoms with E-state index in [1.807, 2.05) is 0 Å². The molecule has 0 aromatic heterocycles. The van der Waals surface area contributed by atoms with Gasteiger partial charge in [0.2, 0.25) is 5.91 Å². The predicted molar refractivity (Wildman–Crippen MR) is 44.1 cm³/mol. The van der Waals surface area contributed by atoms with Crippen molar-refractivity contribution in [2.45, 2.75) is 26.2 Å². The fraction of sp³-hybridized carbons (Fsp3) is 0.875. The van der Waals surface area contributed by atoms with Gasteiger partial charge >= 0.3 is 0 Å². The highest BCUT2D eigenvalue weighted by Crippen LogP contribution is 2.10. The summed E-state index contributed by atoms with van der Waals surface area (Å²) in [6.07, 6.45) is 2.53. The zero-order valence-corrected chi connectivity index (χ0v) is 7.30. The molecular formula is C8H17NO2. The SMILES string of the molecule is CCCC(COC)CC(N)=O. The molecule has 0 rings (SSSR count). The summed E-state index contributed by atoms with van der Waals surface area (Å²) in [6.45, 7) is 2.72. The molecule has 0 spiro atoms. The van der Waals surface area contributed by atoms with Crippen LogP contribution in [0, 0.1) is 5.92 Å². The highest BCUT2D eigenvalue weighted by Gasteiger charge is 2.09. The van der Waals surface area contributed by atoms with Crippen LogP contribution in [-0.4, -0.2) is 19.6 Å². The summed E-state index contributed by atoms with van der Waals surface area (Å²) < 4.78 is 4.95. The van der Waals surface area contributed by atoms with Gasteiger partial charge in [0.05, 0.1) is 0 Å². The Balaban J connectivity index is 3.59. The van der Waals surface area contributed by atoms with E-state index in [4.69, 9.17) is 10.5 Å². The van der Waals surface area contributed by atoms with Gasteiger partial charge in [0.15, 0.2) is 0 Å². The molecule has 0 heterocycles. The van der Waals surface area contributed by atoms with Crippen molar-refractivity contribution in [2.75, 3.05) is 13.7 Å². The first kappa shape index (κ1) is 10.4. The summed E-state index contributed by atoms with van der Waals surface area (Å²) >= 11 is 0. The molecular weight excluding hydrogens is 142 g/mol. The minimum absolute atomic E-state index is 0.236. The number of primary amides is 1. The third-order valence-electron chi connectivity index (χ3n) is 1.59. The van der Waals surface area contributed by atoms with Gasteiger partial charge in [-0.25, -0.2) is 0 Å². The van der Waals surface area contributed by atoms with Gasteiger partial charge in [0.1, 0.15) is 0 Å². The van der Waals surface area contributed by atoms with Crippen LogP contribution in [0.15, 0.2) is 0 Å². The van der Waals surface area contributed by atoms with Crippen molar-refractivity contribution in [2.24, 2.45) is 11.7 Å². The second kappa shape index (κ2) is 6.16. The molecule has 0 aliphatic carbocycles. The first-order chi connectivity index (χ1) is 5.20. The number of hydrogen-bond acceptors (Lipinski definition) is 2. The number of carbonyl (C=O) groups is 1. The van der Waals surface area contributed by atoms with E-state index >= 15 is 0 Å². The lowest BCUT2D eigenvalue weighted by Gasteiger charge is -2.11. The Morgan fingerprint density at radius 3 is 2.64 bits per heavy atom. The summed E-state index contributed by atoms with van der Waals surface area (Å²) in [5.74, 6) is 0.0722. The molecule has 0 aliphatic heterocycles. The minimum Gasteiger partial charge on any atom is -0.384 e. The van der Waals surface area contributed by atoms with Gasteiger partial charge in [-0.3, -0.25) is 4.79 Å². The molecule has 0 aromatic rings. The Kier molecular flexibility index (Phi) is 5.84. The second-order valence-corrected chi connectivity index (χ2v) is 2.78. The van der Waals surface area contributed by atoms with Gasteiger partial charge in [0, 0.05) is 20.1 Å². The van der Waals surface area contributed by atoms with Crippen LogP contribution in [0.2, 0.25) is 0 Å². The van der Waals surface area contributed by atoms with E-state index in [2.05, 4.69) is 6.92 Å². The van der Waals surface area contributed by atoms with E-state index in [1.165, 1.54) is 0 Å². The quantitative estimate of drug-likeness (QED) is 0.626. The van der Waals surface area contributed by atoms with Crippen LogP contribution in [0.5, 0.6) is 0 Å². The van der Waals surface area contributed by atoms with Gasteiger partial charge in [-0.1, -0.05) is 13.3 Å². The summed E-state index contributed by atoms with van der Waals surface area (Å²) in [7, 11) is 1.64.